The summed E-state index contributed by atoms with van der Waals surface area (Å²) in [7, 11) is 0. The third kappa shape index (κ3) is 1.30. The van der Waals surface area contributed by atoms with Crippen LogP contribution in [0.4, 0.5) is 5.69 Å². The minimum Gasteiger partial charge on any atom is -0.323 e. The van der Waals surface area contributed by atoms with Crippen LogP contribution in [0.3, 0.4) is 0 Å². The summed E-state index contributed by atoms with van der Waals surface area (Å²) in [6.45, 7) is 0. The van der Waals surface area contributed by atoms with E-state index >= 15 is 0 Å². The van der Waals surface area contributed by atoms with Gasteiger partial charge in [0.15, 0.2) is 4.71 Å². The Labute approximate surface area is 79.3 Å². The zero-order valence-corrected chi connectivity index (χ0v) is 7.65. The van der Waals surface area contributed by atoms with E-state index < -0.39 is 4.71 Å². The highest BCUT2D eigenvalue weighted by atomic mass is 35.5. The van der Waals surface area contributed by atoms with Crippen molar-refractivity contribution in [3.05, 3.63) is 24.3 Å². The fourth-order valence-corrected chi connectivity index (χ4v) is 2.16. The van der Waals surface area contributed by atoms with Crippen molar-refractivity contribution in [3.63, 3.8) is 0 Å². The van der Waals surface area contributed by atoms with Gasteiger partial charge in [-0.15, -0.1) is 0 Å². The maximum Gasteiger partial charge on any atom is 0.253 e. The lowest BCUT2D eigenvalue weighted by molar-refractivity contribution is -0.114. The van der Waals surface area contributed by atoms with Gasteiger partial charge in [0.2, 0.25) is 0 Å². The summed E-state index contributed by atoms with van der Waals surface area (Å²) in [5.41, 5.74) is 0.851. The van der Waals surface area contributed by atoms with Crippen LogP contribution in [0.5, 0.6) is 0 Å². The molecule has 0 spiro atoms. The number of hydrogen-bond acceptors (Lipinski definition) is 2. The molecule has 1 aromatic rings. The first kappa shape index (κ1) is 7.95. The summed E-state index contributed by atoms with van der Waals surface area (Å²) in [5, 5.41) is 2.72. The second-order valence-electron chi connectivity index (χ2n) is 2.42. The molecule has 62 valence electrons. The fraction of sp³-hybridized carbons (Fsp3) is 0.125. The van der Waals surface area contributed by atoms with Crippen LogP contribution < -0.4 is 5.32 Å². The molecule has 0 bridgehead atoms. The molecule has 0 aliphatic carbocycles. The van der Waals surface area contributed by atoms with Gasteiger partial charge in [0.1, 0.15) is 0 Å². The van der Waals surface area contributed by atoms with E-state index in [1.807, 2.05) is 24.3 Å². The van der Waals surface area contributed by atoms with Crippen LogP contribution in [0.25, 0.3) is 0 Å². The van der Waals surface area contributed by atoms with Gasteiger partial charge in [-0.1, -0.05) is 35.5 Å². The number of anilines is 1. The lowest BCUT2D eigenvalue weighted by Gasteiger charge is -2.19. The van der Waals surface area contributed by atoms with Crippen molar-refractivity contribution in [2.45, 2.75) is 9.60 Å². The Balaban J connectivity index is 2.40. The Morgan fingerprint density at radius 2 is 2.17 bits per heavy atom. The molecule has 0 aromatic heterocycles. The van der Waals surface area contributed by atoms with Crippen molar-refractivity contribution < 1.29 is 4.79 Å². The number of para-hydroxylation sites is 1. The summed E-state index contributed by atoms with van der Waals surface area (Å²) >= 11 is 7.12. The number of thioether (sulfide) groups is 1. The number of carbonyl (C=O) groups is 1. The number of amides is 1. The molecule has 1 amide bonds. The van der Waals surface area contributed by atoms with E-state index in [4.69, 9.17) is 11.6 Å². The number of fused-ring (bicyclic) bond motifs is 1. The van der Waals surface area contributed by atoms with Gasteiger partial charge < -0.3 is 5.32 Å². The molecule has 1 aliphatic rings. The van der Waals surface area contributed by atoms with Crippen molar-refractivity contribution in [2.75, 3.05) is 5.32 Å². The molecule has 1 atom stereocenters. The smallest absolute Gasteiger partial charge is 0.253 e. The summed E-state index contributed by atoms with van der Waals surface area (Å²) < 4.78 is -0.500. The monoisotopic (exact) mass is 199 g/mol. The average Bonchev–Trinajstić information content (AvgIpc) is 2.07. The first-order valence-electron chi connectivity index (χ1n) is 3.48. The number of alkyl halides is 1. The van der Waals surface area contributed by atoms with E-state index in [-0.39, 0.29) is 5.91 Å². The molecule has 1 heterocycles. The molecule has 2 nitrogen and oxygen atoms in total. The molecule has 1 aromatic carbocycles. The Kier molecular flexibility index (Phi) is 1.98. The Morgan fingerprint density at radius 1 is 1.42 bits per heavy atom. The highest BCUT2D eigenvalue weighted by molar-refractivity contribution is 8.02. The van der Waals surface area contributed by atoms with Crippen molar-refractivity contribution in [1.29, 1.82) is 0 Å². The third-order valence-corrected chi connectivity index (χ3v) is 3.08. The van der Waals surface area contributed by atoms with Crippen LogP contribution in [0, 0.1) is 0 Å². The molecule has 0 fully saturated rings. The first-order chi connectivity index (χ1) is 5.77. The van der Waals surface area contributed by atoms with Gasteiger partial charge >= 0.3 is 0 Å². The van der Waals surface area contributed by atoms with E-state index in [0.717, 1.165) is 10.6 Å². The first-order valence-corrected chi connectivity index (χ1v) is 4.79. The summed E-state index contributed by atoms with van der Waals surface area (Å²) in [6.07, 6.45) is 0. The molecule has 4 heteroatoms. The molecule has 12 heavy (non-hydrogen) atoms. The van der Waals surface area contributed by atoms with Gasteiger partial charge in [-0.3, -0.25) is 4.79 Å². The molecule has 1 aliphatic heterocycles. The van der Waals surface area contributed by atoms with Crippen molar-refractivity contribution in [1.82, 2.24) is 0 Å². The number of rotatable bonds is 0. The summed E-state index contributed by atoms with van der Waals surface area (Å²) in [4.78, 5) is 12.1. The number of hydrogen-bond donors (Lipinski definition) is 1. The van der Waals surface area contributed by atoms with Gasteiger partial charge in [0.05, 0.1) is 5.69 Å². The molecular weight excluding hydrogens is 194 g/mol. The standard InChI is InChI=1S/C8H6ClNOS/c9-7-8(11)10-5-3-1-2-4-6(5)12-7/h1-4,7H,(H,10,11). The molecule has 2 rings (SSSR count). The van der Waals surface area contributed by atoms with E-state index in [2.05, 4.69) is 5.32 Å². The van der Waals surface area contributed by atoms with Crippen LogP contribution in [-0.4, -0.2) is 10.6 Å². The Hall–Kier alpha value is -0.670. The lowest BCUT2D eigenvalue weighted by Crippen LogP contribution is -2.24. The maximum atomic E-state index is 11.1. The zero-order valence-electron chi connectivity index (χ0n) is 6.08. The van der Waals surface area contributed by atoms with E-state index in [9.17, 15) is 4.79 Å². The number of nitrogens with one attached hydrogen (secondary N) is 1. The summed E-state index contributed by atoms with van der Waals surface area (Å²) in [6, 6.07) is 7.61. The second-order valence-corrected chi connectivity index (χ2v) is 4.26. The lowest BCUT2D eigenvalue weighted by atomic mass is 10.3. The minimum atomic E-state index is -0.500. The van der Waals surface area contributed by atoms with Crippen LogP contribution >= 0.6 is 23.4 Å². The van der Waals surface area contributed by atoms with E-state index in [1.165, 1.54) is 11.8 Å². The second kappa shape index (κ2) is 2.99. The predicted molar refractivity (Wildman–Crippen MR) is 50.6 cm³/mol. The van der Waals surface area contributed by atoms with Crippen molar-refractivity contribution >= 4 is 35.0 Å². The number of halogens is 1. The van der Waals surface area contributed by atoms with E-state index in [1.54, 1.807) is 0 Å². The van der Waals surface area contributed by atoms with Crippen molar-refractivity contribution in [2.24, 2.45) is 0 Å². The Morgan fingerprint density at radius 3 is 3.00 bits per heavy atom. The molecule has 0 radical (unpaired) electrons. The molecule has 1 unspecified atom stereocenters. The normalized spacial score (nSPS) is 21.4. The number of benzene rings is 1. The van der Waals surface area contributed by atoms with Gasteiger partial charge in [-0.05, 0) is 12.1 Å². The quantitative estimate of drug-likeness (QED) is 0.650. The fourth-order valence-electron chi connectivity index (χ4n) is 1.03. The summed E-state index contributed by atoms with van der Waals surface area (Å²) in [5.74, 6) is -0.139. The molecule has 0 saturated carbocycles. The van der Waals surface area contributed by atoms with Gasteiger partial charge in [0.25, 0.3) is 5.91 Å². The molecule has 1 N–H and O–H groups in total. The topological polar surface area (TPSA) is 29.1 Å². The van der Waals surface area contributed by atoms with Crippen LogP contribution in [0.2, 0.25) is 0 Å². The average molecular weight is 200 g/mol. The van der Waals surface area contributed by atoms with Crippen LogP contribution in [-0.2, 0) is 4.79 Å². The Bertz CT molecular complexity index is 329. The van der Waals surface area contributed by atoms with Crippen molar-refractivity contribution in [3.8, 4) is 0 Å². The predicted octanol–water partition coefficient (Wildman–Crippen LogP) is 2.30. The highest BCUT2D eigenvalue weighted by Gasteiger charge is 2.23. The van der Waals surface area contributed by atoms with Gasteiger partial charge in [0, 0.05) is 4.90 Å². The highest BCUT2D eigenvalue weighted by Crippen LogP contribution is 2.36. The zero-order chi connectivity index (χ0) is 8.55. The van der Waals surface area contributed by atoms with Crippen LogP contribution in [0.15, 0.2) is 29.2 Å². The SMILES string of the molecule is O=C1Nc2ccccc2SC1Cl. The molecule has 0 saturated heterocycles. The van der Waals surface area contributed by atoms with Crippen LogP contribution in [0.1, 0.15) is 0 Å². The van der Waals surface area contributed by atoms with Gasteiger partial charge in [-0.2, -0.15) is 0 Å². The van der Waals surface area contributed by atoms with E-state index in [0.29, 0.717) is 0 Å². The maximum absolute atomic E-state index is 11.1. The third-order valence-electron chi connectivity index (χ3n) is 1.58. The largest absolute Gasteiger partial charge is 0.323 e. The minimum absolute atomic E-state index is 0.139. The van der Waals surface area contributed by atoms with Gasteiger partial charge in [-0.25, -0.2) is 0 Å². The molecular formula is C8H6ClNOS. The number of carbonyl (C=O) groups excluding carboxylic acids is 1.